The van der Waals surface area contributed by atoms with Gasteiger partial charge in [0.25, 0.3) is 10.0 Å². The van der Waals surface area contributed by atoms with Crippen LogP contribution in [-0.4, -0.2) is 29.7 Å². The molecule has 164 valence electrons. The highest BCUT2D eigenvalue weighted by molar-refractivity contribution is 7.92. The van der Waals surface area contributed by atoms with E-state index in [-0.39, 0.29) is 17.3 Å². The zero-order chi connectivity index (χ0) is 22.6. The minimum atomic E-state index is -4.33. The van der Waals surface area contributed by atoms with Gasteiger partial charge in [0, 0.05) is 11.1 Å². The van der Waals surface area contributed by atoms with Gasteiger partial charge in [-0.1, -0.05) is 23.7 Å². The number of sulfonamides is 1. The van der Waals surface area contributed by atoms with E-state index < -0.39 is 20.7 Å². The molecular formula is C22H21ClFNO5S. The van der Waals surface area contributed by atoms with E-state index in [0.29, 0.717) is 22.8 Å². The van der Waals surface area contributed by atoms with Crippen LogP contribution in [0.1, 0.15) is 5.56 Å². The molecule has 3 aromatic rings. The highest BCUT2D eigenvalue weighted by Gasteiger charge is 2.29. The maximum absolute atomic E-state index is 14.5. The first-order valence-corrected chi connectivity index (χ1v) is 10.9. The number of hydrogen-bond donors (Lipinski definition) is 0. The van der Waals surface area contributed by atoms with Gasteiger partial charge in [0.2, 0.25) is 0 Å². The maximum atomic E-state index is 14.5. The largest absolute Gasteiger partial charge is 0.497 e. The van der Waals surface area contributed by atoms with E-state index in [0.717, 1.165) is 16.4 Å². The zero-order valence-corrected chi connectivity index (χ0v) is 18.7. The molecule has 0 saturated carbocycles. The molecule has 0 aliphatic rings. The van der Waals surface area contributed by atoms with Gasteiger partial charge in [-0.2, -0.15) is 0 Å². The van der Waals surface area contributed by atoms with Crippen molar-refractivity contribution in [1.29, 1.82) is 0 Å². The molecule has 0 radical (unpaired) electrons. The lowest BCUT2D eigenvalue weighted by atomic mass is 10.2. The van der Waals surface area contributed by atoms with Crippen molar-refractivity contribution in [2.24, 2.45) is 0 Å². The van der Waals surface area contributed by atoms with Crippen molar-refractivity contribution in [2.45, 2.75) is 11.4 Å². The zero-order valence-electron chi connectivity index (χ0n) is 17.1. The van der Waals surface area contributed by atoms with Gasteiger partial charge < -0.3 is 14.2 Å². The second-order valence-corrected chi connectivity index (χ2v) is 8.74. The van der Waals surface area contributed by atoms with Gasteiger partial charge >= 0.3 is 0 Å². The predicted octanol–water partition coefficient (Wildman–Crippen LogP) is 4.90. The van der Waals surface area contributed by atoms with Crippen molar-refractivity contribution in [3.05, 3.63) is 77.1 Å². The first kappa shape index (κ1) is 22.7. The van der Waals surface area contributed by atoms with Crippen LogP contribution in [0.2, 0.25) is 5.02 Å². The summed E-state index contributed by atoms with van der Waals surface area (Å²) in [5.74, 6) is 0.424. The molecule has 0 bridgehead atoms. The molecular weight excluding hydrogens is 445 g/mol. The highest BCUT2D eigenvalue weighted by atomic mass is 35.5. The molecule has 0 heterocycles. The molecule has 3 rings (SSSR count). The van der Waals surface area contributed by atoms with Crippen LogP contribution < -0.4 is 18.5 Å². The first-order chi connectivity index (χ1) is 14.8. The molecule has 0 fully saturated rings. The van der Waals surface area contributed by atoms with Gasteiger partial charge in [0.15, 0.2) is 11.5 Å². The maximum Gasteiger partial charge on any atom is 0.267 e. The Morgan fingerprint density at radius 3 is 2.32 bits per heavy atom. The topological polar surface area (TPSA) is 65.1 Å². The van der Waals surface area contributed by atoms with Crippen molar-refractivity contribution in [2.75, 3.05) is 25.6 Å². The normalized spacial score (nSPS) is 11.1. The van der Waals surface area contributed by atoms with E-state index in [1.807, 2.05) is 0 Å². The van der Waals surface area contributed by atoms with E-state index in [1.165, 1.54) is 33.5 Å². The molecule has 6 nitrogen and oxygen atoms in total. The molecule has 0 unspecified atom stereocenters. The standard InChI is InChI=1S/C22H21ClFNO5S/c1-28-18-6-4-5-15(11-18)14-25(17-8-10-20(29-2)21(13-17)30-3)31(26,27)22-12-16(23)7-9-19(22)24/h4-13H,14H2,1-3H3. The average Bonchev–Trinajstić information content (AvgIpc) is 2.78. The van der Waals surface area contributed by atoms with Crippen LogP contribution in [-0.2, 0) is 16.6 Å². The summed E-state index contributed by atoms with van der Waals surface area (Å²) >= 11 is 5.96. The number of methoxy groups -OCH3 is 3. The highest BCUT2D eigenvalue weighted by Crippen LogP contribution is 2.35. The van der Waals surface area contributed by atoms with E-state index in [1.54, 1.807) is 36.4 Å². The molecule has 0 atom stereocenters. The number of nitrogens with zero attached hydrogens (tertiary/aromatic N) is 1. The van der Waals surface area contributed by atoms with Gasteiger partial charge in [-0.05, 0) is 48.0 Å². The van der Waals surface area contributed by atoms with Gasteiger partial charge in [-0.3, -0.25) is 4.31 Å². The van der Waals surface area contributed by atoms with Crippen molar-refractivity contribution in [3.8, 4) is 17.2 Å². The Kier molecular flexibility index (Phi) is 6.92. The number of rotatable bonds is 8. The van der Waals surface area contributed by atoms with Gasteiger partial charge in [-0.25, -0.2) is 12.8 Å². The molecule has 0 aliphatic carbocycles. The fourth-order valence-electron chi connectivity index (χ4n) is 3.03. The lowest BCUT2D eigenvalue weighted by molar-refractivity contribution is 0.355. The van der Waals surface area contributed by atoms with E-state index in [9.17, 15) is 12.8 Å². The van der Waals surface area contributed by atoms with E-state index >= 15 is 0 Å². The molecule has 0 aliphatic heterocycles. The third-order valence-electron chi connectivity index (χ3n) is 4.58. The Labute approximate surface area is 185 Å². The summed E-state index contributed by atoms with van der Waals surface area (Å²) in [6.45, 7) is -0.0824. The SMILES string of the molecule is COc1cccc(CN(c2ccc(OC)c(OC)c2)S(=O)(=O)c2cc(Cl)ccc2F)c1. The van der Waals surface area contributed by atoms with Crippen LogP contribution in [0.15, 0.2) is 65.6 Å². The summed E-state index contributed by atoms with van der Waals surface area (Å²) in [6.07, 6.45) is 0. The van der Waals surface area contributed by atoms with Crippen LogP contribution in [0.3, 0.4) is 0 Å². The Bertz CT molecular complexity index is 1190. The Hall–Kier alpha value is -2.97. The summed E-state index contributed by atoms with van der Waals surface area (Å²) in [6, 6.07) is 15.0. The van der Waals surface area contributed by atoms with Gasteiger partial charge in [0.1, 0.15) is 16.5 Å². The third-order valence-corrected chi connectivity index (χ3v) is 6.60. The predicted molar refractivity (Wildman–Crippen MR) is 117 cm³/mol. The molecule has 0 N–H and O–H groups in total. The van der Waals surface area contributed by atoms with E-state index in [2.05, 4.69) is 0 Å². The van der Waals surface area contributed by atoms with Gasteiger partial charge in [0.05, 0.1) is 33.6 Å². The van der Waals surface area contributed by atoms with Gasteiger partial charge in [-0.15, -0.1) is 0 Å². The average molecular weight is 466 g/mol. The summed E-state index contributed by atoms with van der Waals surface area (Å²) in [4.78, 5) is -0.530. The third kappa shape index (κ3) is 4.86. The molecule has 3 aromatic carbocycles. The quantitative estimate of drug-likeness (QED) is 0.473. The first-order valence-electron chi connectivity index (χ1n) is 9.13. The lowest BCUT2D eigenvalue weighted by Crippen LogP contribution is -2.31. The number of anilines is 1. The van der Waals surface area contributed by atoms with Crippen LogP contribution in [0.25, 0.3) is 0 Å². The fraction of sp³-hybridized carbons (Fsp3) is 0.182. The van der Waals surface area contributed by atoms with Crippen LogP contribution >= 0.6 is 11.6 Å². The van der Waals surface area contributed by atoms with Crippen LogP contribution in [0.5, 0.6) is 17.2 Å². The second-order valence-electron chi connectivity index (χ2n) is 6.48. The molecule has 9 heteroatoms. The number of halogens is 2. The summed E-state index contributed by atoms with van der Waals surface area (Å²) < 4.78 is 58.5. The summed E-state index contributed by atoms with van der Waals surface area (Å²) in [5.41, 5.74) is 0.903. The van der Waals surface area contributed by atoms with Crippen molar-refractivity contribution in [3.63, 3.8) is 0 Å². The number of ether oxygens (including phenoxy) is 3. The summed E-state index contributed by atoms with van der Waals surface area (Å²) in [5, 5.41) is 0.105. The fourth-order valence-corrected chi connectivity index (χ4v) is 4.80. The minimum Gasteiger partial charge on any atom is -0.497 e. The van der Waals surface area contributed by atoms with Crippen molar-refractivity contribution >= 4 is 27.3 Å². The van der Waals surface area contributed by atoms with E-state index in [4.69, 9.17) is 25.8 Å². The Morgan fingerprint density at radius 2 is 1.65 bits per heavy atom. The molecule has 0 saturated heterocycles. The number of benzene rings is 3. The molecule has 0 aromatic heterocycles. The van der Waals surface area contributed by atoms with Crippen LogP contribution in [0, 0.1) is 5.82 Å². The van der Waals surface area contributed by atoms with Crippen molar-refractivity contribution < 1.29 is 27.0 Å². The van der Waals surface area contributed by atoms with Crippen molar-refractivity contribution in [1.82, 2.24) is 0 Å². The van der Waals surface area contributed by atoms with Crippen LogP contribution in [0.4, 0.5) is 10.1 Å². The minimum absolute atomic E-state index is 0.0824. The Morgan fingerprint density at radius 1 is 0.903 bits per heavy atom. The Balaban J connectivity index is 2.17. The molecule has 0 spiro atoms. The smallest absolute Gasteiger partial charge is 0.267 e. The molecule has 31 heavy (non-hydrogen) atoms. The second kappa shape index (κ2) is 9.45. The number of hydrogen-bond acceptors (Lipinski definition) is 5. The summed E-state index contributed by atoms with van der Waals surface area (Å²) in [7, 11) is 0.104. The molecule has 0 amide bonds. The monoisotopic (exact) mass is 465 g/mol. The lowest BCUT2D eigenvalue weighted by Gasteiger charge is -2.26.